The second-order valence-electron chi connectivity index (χ2n) is 5.86. The minimum atomic E-state index is -0.554. The van der Waals surface area contributed by atoms with Crippen LogP contribution in [0.3, 0.4) is 0 Å². The van der Waals surface area contributed by atoms with Gasteiger partial charge in [-0.25, -0.2) is 9.79 Å². The van der Waals surface area contributed by atoms with Crippen LogP contribution in [0.2, 0.25) is 0 Å². The van der Waals surface area contributed by atoms with E-state index in [1.165, 1.54) is 21.3 Å². The normalized spacial score (nSPS) is 16.0. The van der Waals surface area contributed by atoms with Gasteiger partial charge in [0.15, 0.2) is 28.7 Å². The minimum absolute atomic E-state index is 0.149. The van der Waals surface area contributed by atoms with Crippen molar-refractivity contribution < 1.29 is 33.2 Å². The van der Waals surface area contributed by atoms with Gasteiger partial charge in [0.25, 0.3) is 0 Å². The first-order valence-electron chi connectivity index (χ1n) is 8.35. The topological polar surface area (TPSA) is 84.8 Å². The first-order chi connectivity index (χ1) is 13.6. The van der Waals surface area contributed by atoms with Gasteiger partial charge in [0.05, 0.1) is 21.3 Å². The lowest BCUT2D eigenvalue weighted by molar-refractivity contribution is -0.129. The van der Waals surface area contributed by atoms with Crippen molar-refractivity contribution in [2.45, 2.75) is 0 Å². The lowest BCUT2D eigenvalue weighted by Gasteiger charge is -2.13. The van der Waals surface area contributed by atoms with Crippen molar-refractivity contribution >= 4 is 17.9 Å². The van der Waals surface area contributed by atoms with E-state index in [2.05, 4.69) is 4.99 Å². The minimum Gasteiger partial charge on any atom is -0.493 e. The summed E-state index contributed by atoms with van der Waals surface area (Å²) in [5, 5.41) is 0. The average molecular weight is 383 g/mol. The van der Waals surface area contributed by atoms with Crippen LogP contribution in [0.1, 0.15) is 11.1 Å². The van der Waals surface area contributed by atoms with Crippen LogP contribution in [-0.2, 0) is 9.53 Å². The molecule has 144 valence electrons. The van der Waals surface area contributed by atoms with Gasteiger partial charge < -0.3 is 28.4 Å². The van der Waals surface area contributed by atoms with E-state index in [9.17, 15) is 4.79 Å². The van der Waals surface area contributed by atoms with Crippen LogP contribution in [0.4, 0.5) is 0 Å². The second-order valence-corrected chi connectivity index (χ2v) is 5.86. The van der Waals surface area contributed by atoms with Crippen LogP contribution in [-0.4, -0.2) is 40.0 Å². The highest BCUT2D eigenvalue weighted by molar-refractivity contribution is 6.13. The zero-order valence-corrected chi connectivity index (χ0v) is 15.5. The molecule has 0 fully saturated rings. The van der Waals surface area contributed by atoms with E-state index in [-0.39, 0.29) is 18.4 Å². The summed E-state index contributed by atoms with van der Waals surface area (Å²) < 4.78 is 31.9. The molecule has 0 spiro atoms. The standard InChI is InChI=1S/C20H17NO7/c1-23-16-8-12(9-17(24-2)18(16)25-3)19-21-13(20(22)28-19)6-11-4-5-14-15(7-11)27-10-26-14/h4-9H,10H2,1-3H3/b13-6+. The number of rotatable bonds is 5. The summed E-state index contributed by atoms with van der Waals surface area (Å²) in [5.74, 6) is 2.19. The maximum absolute atomic E-state index is 12.3. The molecule has 4 rings (SSSR count). The number of hydrogen-bond acceptors (Lipinski definition) is 8. The Morgan fingerprint density at radius 2 is 1.68 bits per heavy atom. The van der Waals surface area contributed by atoms with Gasteiger partial charge in [-0.1, -0.05) is 6.07 Å². The Morgan fingerprint density at radius 1 is 0.964 bits per heavy atom. The summed E-state index contributed by atoms with van der Waals surface area (Å²) in [6.45, 7) is 0.181. The highest BCUT2D eigenvalue weighted by Gasteiger charge is 2.26. The molecule has 2 aromatic rings. The van der Waals surface area contributed by atoms with Crippen molar-refractivity contribution in [2.24, 2.45) is 4.99 Å². The van der Waals surface area contributed by atoms with Crippen LogP contribution in [0.25, 0.3) is 6.08 Å². The van der Waals surface area contributed by atoms with E-state index >= 15 is 0 Å². The number of nitrogens with zero attached hydrogens (tertiary/aromatic N) is 1. The van der Waals surface area contributed by atoms with E-state index in [0.29, 0.717) is 34.3 Å². The Bertz CT molecular complexity index is 985. The zero-order chi connectivity index (χ0) is 19.7. The number of aliphatic imine (C=N–C) groups is 1. The summed E-state index contributed by atoms with van der Waals surface area (Å²) in [4.78, 5) is 16.6. The van der Waals surface area contributed by atoms with E-state index in [1.807, 2.05) is 0 Å². The monoisotopic (exact) mass is 383 g/mol. The number of hydrogen-bond donors (Lipinski definition) is 0. The van der Waals surface area contributed by atoms with Crippen LogP contribution in [0, 0.1) is 0 Å². The third kappa shape index (κ3) is 3.09. The first kappa shape index (κ1) is 17.7. The molecule has 0 aliphatic carbocycles. The Morgan fingerprint density at radius 3 is 2.36 bits per heavy atom. The van der Waals surface area contributed by atoms with Gasteiger partial charge in [0.1, 0.15) is 0 Å². The highest BCUT2D eigenvalue weighted by Crippen LogP contribution is 2.39. The van der Waals surface area contributed by atoms with Crippen molar-refractivity contribution in [2.75, 3.05) is 28.1 Å². The number of esters is 1. The van der Waals surface area contributed by atoms with Crippen LogP contribution in [0.5, 0.6) is 28.7 Å². The van der Waals surface area contributed by atoms with E-state index in [4.69, 9.17) is 28.4 Å². The number of cyclic esters (lactones) is 1. The molecule has 28 heavy (non-hydrogen) atoms. The average Bonchev–Trinajstić information content (AvgIpc) is 3.33. The quantitative estimate of drug-likeness (QED) is 0.580. The molecule has 0 saturated carbocycles. The molecule has 0 radical (unpaired) electrons. The lowest BCUT2D eigenvalue weighted by atomic mass is 10.1. The molecule has 2 aromatic carbocycles. The first-order valence-corrected chi connectivity index (χ1v) is 8.35. The lowest BCUT2D eigenvalue weighted by Crippen LogP contribution is -2.06. The number of methoxy groups -OCH3 is 3. The van der Waals surface area contributed by atoms with Crippen molar-refractivity contribution in [1.82, 2.24) is 0 Å². The maximum Gasteiger partial charge on any atom is 0.363 e. The van der Waals surface area contributed by atoms with Gasteiger partial charge in [-0.15, -0.1) is 0 Å². The number of carbonyl (C=O) groups is 1. The Balaban J connectivity index is 1.69. The van der Waals surface area contributed by atoms with Crippen LogP contribution in [0.15, 0.2) is 41.0 Å². The second kappa shape index (κ2) is 7.15. The van der Waals surface area contributed by atoms with Gasteiger partial charge in [-0.05, 0) is 35.9 Å². The van der Waals surface area contributed by atoms with Gasteiger partial charge in [0.2, 0.25) is 18.4 Å². The van der Waals surface area contributed by atoms with Crippen LogP contribution >= 0.6 is 0 Å². The summed E-state index contributed by atoms with van der Waals surface area (Å²) in [6, 6.07) is 8.68. The molecule has 8 heteroatoms. The highest BCUT2D eigenvalue weighted by atomic mass is 16.7. The SMILES string of the molecule is COc1cc(C2=N/C(=C/c3ccc4c(c3)OCO4)C(=O)O2)cc(OC)c1OC. The number of fused-ring (bicyclic) bond motifs is 1. The molecule has 2 aliphatic rings. The molecule has 8 nitrogen and oxygen atoms in total. The number of ether oxygens (including phenoxy) is 6. The summed E-state index contributed by atoms with van der Waals surface area (Å²) in [6.07, 6.45) is 1.62. The summed E-state index contributed by atoms with van der Waals surface area (Å²) in [7, 11) is 4.53. The fourth-order valence-electron chi connectivity index (χ4n) is 2.90. The largest absolute Gasteiger partial charge is 0.493 e. The van der Waals surface area contributed by atoms with Gasteiger partial charge in [-0.2, -0.15) is 0 Å². The fraction of sp³-hybridized carbons (Fsp3) is 0.200. The summed E-state index contributed by atoms with van der Waals surface area (Å²) in [5.41, 5.74) is 1.44. The molecule has 0 amide bonds. The molecule has 0 N–H and O–H groups in total. The molecule has 0 atom stereocenters. The third-order valence-corrected chi connectivity index (χ3v) is 4.23. The molecule has 2 aliphatic heterocycles. The predicted molar refractivity (Wildman–Crippen MR) is 99.3 cm³/mol. The van der Waals surface area contributed by atoms with Gasteiger partial charge in [-0.3, -0.25) is 0 Å². The molecular weight excluding hydrogens is 366 g/mol. The van der Waals surface area contributed by atoms with E-state index in [1.54, 1.807) is 36.4 Å². The van der Waals surface area contributed by atoms with E-state index in [0.717, 1.165) is 5.56 Å². The van der Waals surface area contributed by atoms with E-state index < -0.39 is 5.97 Å². The van der Waals surface area contributed by atoms with Crippen molar-refractivity contribution in [3.63, 3.8) is 0 Å². The maximum atomic E-state index is 12.3. The van der Waals surface area contributed by atoms with Gasteiger partial charge in [0, 0.05) is 5.56 Å². The molecule has 0 aromatic heterocycles. The van der Waals surface area contributed by atoms with Crippen molar-refractivity contribution in [3.05, 3.63) is 47.2 Å². The number of benzene rings is 2. The third-order valence-electron chi connectivity index (χ3n) is 4.23. The smallest absolute Gasteiger partial charge is 0.363 e. The molecule has 0 unspecified atom stereocenters. The molecule has 2 heterocycles. The van der Waals surface area contributed by atoms with Crippen LogP contribution < -0.4 is 23.7 Å². The fourth-order valence-corrected chi connectivity index (χ4v) is 2.90. The Kier molecular flexibility index (Phi) is 4.52. The Labute approximate surface area is 160 Å². The number of carbonyl (C=O) groups excluding carboxylic acids is 1. The molecular formula is C20H17NO7. The Hall–Kier alpha value is -3.68. The van der Waals surface area contributed by atoms with Gasteiger partial charge >= 0.3 is 5.97 Å². The van der Waals surface area contributed by atoms with Crippen molar-refractivity contribution in [1.29, 1.82) is 0 Å². The van der Waals surface area contributed by atoms with Crippen molar-refractivity contribution in [3.8, 4) is 28.7 Å². The predicted octanol–water partition coefficient (Wildman–Crippen LogP) is 2.79. The zero-order valence-electron chi connectivity index (χ0n) is 15.5. The molecule has 0 bridgehead atoms. The molecule has 0 saturated heterocycles. The summed E-state index contributed by atoms with van der Waals surface area (Å²) >= 11 is 0.